The Labute approximate surface area is 113 Å². The van der Waals surface area contributed by atoms with Gasteiger partial charge in [-0.15, -0.1) is 0 Å². The van der Waals surface area contributed by atoms with Gasteiger partial charge in [0.05, 0.1) is 18.6 Å². The SMILES string of the molecule is COc1ccc(Cl)cc1CS(=O)(=O)CCC(C)N. The first kappa shape index (κ1) is 15.3. The highest BCUT2D eigenvalue weighted by atomic mass is 35.5. The average molecular weight is 292 g/mol. The van der Waals surface area contributed by atoms with E-state index in [0.717, 1.165) is 0 Å². The molecule has 0 aliphatic carbocycles. The van der Waals surface area contributed by atoms with E-state index >= 15 is 0 Å². The summed E-state index contributed by atoms with van der Waals surface area (Å²) >= 11 is 5.86. The molecular weight excluding hydrogens is 274 g/mol. The van der Waals surface area contributed by atoms with Crippen molar-refractivity contribution in [3.63, 3.8) is 0 Å². The Bertz CT molecular complexity index is 500. The number of ether oxygens (including phenoxy) is 1. The number of sulfone groups is 1. The fourth-order valence-electron chi connectivity index (χ4n) is 1.53. The maximum Gasteiger partial charge on any atom is 0.154 e. The molecule has 1 aromatic carbocycles. The zero-order chi connectivity index (χ0) is 13.8. The third-order valence-corrected chi connectivity index (χ3v) is 4.35. The van der Waals surface area contributed by atoms with E-state index in [-0.39, 0.29) is 17.5 Å². The Balaban J connectivity index is 2.86. The summed E-state index contributed by atoms with van der Waals surface area (Å²) in [6, 6.07) is 4.82. The zero-order valence-corrected chi connectivity index (χ0v) is 12.1. The van der Waals surface area contributed by atoms with Gasteiger partial charge >= 0.3 is 0 Å². The third kappa shape index (κ3) is 4.84. The van der Waals surface area contributed by atoms with Gasteiger partial charge in [-0.1, -0.05) is 11.6 Å². The maximum atomic E-state index is 11.9. The molecule has 0 aliphatic rings. The van der Waals surface area contributed by atoms with Crippen molar-refractivity contribution in [1.29, 1.82) is 0 Å². The first-order valence-electron chi connectivity index (χ1n) is 5.62. The van der Waals surface area contributed by atoms with Gasteiger partial charge in [-0.3, -0.25) is 0 Å². The normalized spacial score (nSPS) is 13.3. The topological polar surface area (TPSA) is 69.4 Å². The fraction of sp³-hybridized carbons (Fsp3) is 0.500. The smallest absolute Gasteiger partial charge is 0.154 e. The quantitative estimate of drug-likeness (QED) is 0.870. The second-order valence-electron chi connectivity index (χ2n) is 4.31. The Morgan fingerprint density at radius 3 is 2.67 bits per heavy atom. The van der Waals surface area contributed by atoms with Gasteiger partial charge in [-0.2, -0.15) is 0 Å². The van der Waals surface area contributed by atoms with Gasteiger partial charge in [0, 0.05) is 16.6 Å². The molecule has 0 bridgehead atoms. The summed E-state index contributed by atoms with van der Waals surface area (Å²) in [4.78, 5) is 0. The first-order valence-corrected chi connectivity index (χ1v) is 7.82. The lowest BCUT2D eigenvalue weighted by atomic mass is 10.2. The summed E-state index contributed by atoms with van der Waals surface area (Å²) in [5.41, 5.74) is 6.14. The number of hydrogen-bond acceptors (Lipinski definition) is 4. The van der Waals surface area contributed by atoms with E-state index in [9.17, 15) is 8.42 Å². The molecule has 0 spiro atoms. The van der Waals surface area contributed by atoms with Crippen molar-refractivity contribution in [2.75, 3.05) is 12.9 Å². The van der Waals surface area contributed by atoms with Crippen LogP contribution in [0.5, 0.6) is 5.75 Å². The summed E-state index contributed by atoms with van der Waals surface area (Å²) in [5.74, 6) is 0.521. The predicted octanol–water partition coefficient (Wildman–Crippen LogP) is 2.00. The minimum absolute atomic E-state index is 0.0698. The molecular formula is C12H18ClNO3S. The van der Waals surface area contributed by atoms with Crippen LogP contribution in [-0.4, -0.2) is 27.3 Å². The van der Waals surface area contributed by atoms with E-state index in [0.29, 0.717) is 22.8 Å². The number of methoxy groups -OCH3 is 1. The van der Waals surface area contributed by atoms with Gasteiger partial charge in [0.1, 0.15) is 5.75 Å². The monoisotopic (exact) mass is 291 g/mol. The fourth-order valence-corrected chi connectivity index (χ4v) is 3.30. The molecule has 0 saturated carbocycles. The van der Waals surface area contributed by atoms with Crippen LogP contribution in [0.3, 0.4) is 0 Å². The van der Waals surface area contributed by atoms with E-state index in [1.807, 2.05) is 0 Å². The maximum absolute atomic E-state index is 11.9. The molecule has 1 unspecified atom stereocenters. The van der Waals surface area contributed by atoms with Crippen LogP contribution >= 0.6 is 11.6 Å². The van der Waals surface area contributed by atoms with E-state index < -0.39 is 9.84 Å². The van der Waals surface area contributed by atoms with Crippen molar-refractivity contribution in [1.82, 2.24) is 0 Å². The molecule has 0 saturated heterocycles. The van der Waals surface area contributed by atoms with Crippen molar-refractivity contribution in [3.8, 4) is 5.75 Å². The van der Waals surface area contributed by atoms with Crippen LogP contribution in [0.25, 0.3) is 0 Å². The van der Waals surface area contributed by atoms with Crippen LogP contribution in [0.4, 0.5) is 0 Å². The minimum atomic E-state index is -3.20. The third-order valence-electron chi connectivity index (χ3n) is 2.50. The summed E-state index contributed by atoms with van der Waals surface area (Å²) in [6.07, 6.45) is 0.450. The molecule has 0 fully saturated rings. The molecule has 102 valence electrons. The highest BCUT2D eigenvalue weighted by Crippen LogP contribution is 2.24. The van der Waals surface area contributed by atoms with Gasteiger partial charge in [0.2, 0.25) is 0 Å². The van der Waals surface area contributed by atoms with Gasteiger partial charge in [0.25, 0.3) is 0 Å². The minimum Gasteiger partial charge on any atom is -0.496 e. The Morgan fingerprint density at radius 1 is 1.44 bits per heavy atom. The number of nitrogens with two attached hydrogens (primary N) is 1. The number of halogens is 1. The van der Waals surface area contributed by atoms with E-state index in [1.165, 1.54) is 7.11 Å². The van der Waals surface area contributed by atoms with Crippen molar-refractivity contribution in [2.45, 2.75) is 25.1 Å². The summed E-state index contributed by atoms with van der Waals surface area (Å²) in [5, 5.41) is 0.494. The highest BCUT2D eigenvalue weighted by Gasteiger charge is 2.16. The number of benzene rings is 1. The molecule has 4 nitrogen and oxygen atoms in total. The molecule has 0 aromatic heterocycles. The van der Waals surface area contributed by atoms with Crippen molar-refractivity contribution in [2.24, 2.45) is 5.73 Å². The molecule has 0 radical (unpaired) electrons. The van der Waals surface area contributed by atoms with Gasteiger partial charge in [-0.05, 0) is 31.5 Å². The summed E-state index contributed by atoms with van der Waals surface area (Å²) < 4.78 is 29.0. The lowest BCUT2D eigenvalue weighted by Gasteiger charge is -2.10. The van der Waals surface area contributed by atoms with Crippen LogP contribution in [0.1, 0.15) is 18.9 Å². The molecule has 6 heteroatoms. The van der Waals surface area contributed by atoms with Crippen molar-refractivity contribution < 1.29 is 13.2 Å². The lowest BCUT2D eigenvalue weighted by Crippen LogP contribution is -2.20. The lowest BCUT2D eigenvalue weighted by molar-refractivity contribution is 0.411. The average Bonchev–Trinajstić information content (AvgIpc) is 2.26. The summed E-state index contributed by atoms with van der Waals surface area (Å²) in [6.45, 7) is 1.79. The van der Waals surface area contributed by atoms with Crippen molar-refractivity contribution >= 4 is 21.4 Å². The van der Waals surface area contributed by atoms with E-state index in [1.54, 1.807) is 25.1 Å². The van der Waals surface area contributed by atoms with Crippen LogP contribution in [0, 0.1) is 0 Å². The largest absolute Gasteiger partial charge is 0.496 e. The second-order valence-corrected chi connectivity index (χ2v) is 6.93. The van der Waals surface area contributed by atoms with Crippen LogP contribution in [0.15, 0.2) is 18.2 Å². The molecule has 18 heavy (non-hydrogen) atoms. The van der Waals surface area contributed by atoms with E-state index in [2.05, 4.69) is 0 Å². The Hall–Kier alpha value is -0.780. The highest BCUT2D eigenvalue weighted by molar-refractivity contribution is 7.90. The van der Waals surface area contributed by atoms with Crippen LogP contribution < -0.4 is 10.5 Å². The standard InChI is InChI=1S/C12H18ClNO3S/c1-9(14)5-6-18(15,16)8-10-7-11(13)3-4-12(10)17-2/h3-4,7,9H,5-6,8,14H2,1-2H3. The summed E-state index contributed by atoms with van der Waals surface area (Å²) in [7, 11) is -1.70. The molecule has 1 rings (SSSR count). The molecule has 0 aliphatic heterocycles. The Kier molecular flexibility index (Phi) is 5.44. The van der Waals surface area contributed by atoms with Crippen LogP contribution in [-0.2, 0) is 15.6 Å². The van der Waals surface area contributed by atoms with Crippen molar-refractivity contribution in [3.05, 3.63) is 28.8 Å². The van der Waals surface area contributed by atoms with Gasteiger partial charge < -0.3 is 10.5 Å². The first-order chi connectivity index (χ1) is 8.34. The second kappa shape index (κ2) is 6.41. The van der Waals surface area contributed by atoms with E-state index in [4.69, 9.17) is 22.1 Å². The predicted molar refractivity (Wildman–Crippen MR) is 73.8 cm³/mol. The Morgan fingerprint density at radius 2 is 2.11 bits per heavy atom. The van der Waals surface area contributed by atoms with Crippen LogP contribution in [0.2, 0.25) is 5.02 Å². The molecule has 1 aromatic rings. The molecule has 1 atom stereocenters. The zero-order valence-electron chi connectivity index (χ0n) is 10.5. The van der Waals surface area contributed by atoms with Gasteiger partial charge in [0.15, 0.2) is 9.84 Å². The number of rotatable bonds is 6. The molecule has 0 heterocycles. The van der Waals surface area contributed by atoms with Gasteiger partial charge in [-0.25, -0.2) is 8.42 Å². The number of hydrogen-bond donors (Lipinski definition) is 1. The molecule has 2 N–H and O–H groups in total. The molecule has 0 amide bonds.